The minimum absolute atomic E-state index is 1.08. The molecule has 0 unspecified atom stereocenters. The molecule has 7 rings (SSSR count). The molecule has 0 saturated heterocycles. The van der Waals surface area contributed by atoms with Crippen molar-refractivity contribution in [3.05, 3.63) is 152 Å². The maximum atomic E-state index is 4.92. The molecule has 180 valence electrons. The Morgan fingerprint density at radius 3 is 1.76 bits per heavy atom. The molecule has 2 heterocycles. The van der Waals surface area contributed by atoms with Gasteiger partial charge < -0.3 is 4.57 Å². The van der Waals surface area contributed by atoms with E-state index in [0.29, 0.717) is 0 Å². The first-order chi connectivity index (χ1) is 18.9. The minimum atomic E-state index is -2.73. The standard InChI is InChI=1S/C34H25N3Si/c1-4-12-26(13-5-1)37-32-19-11-10-18-30(32)31-24-29(20-21-33(31)37)38(27-14-6-2-7-15-27,28-16-8-3-9-17-28)34-22-23-35-25-36-34/h1-25H. The largest absolute Gasteiger partial charge is 0.309 e. The Morgan fingerprint density at radius 2 is 1.11 bits per heavy atom. The highest BCUT2D eigenvalue weighted by molar-refractivity contribution is 7.19. The van der Waals surface area contributed by atoms with Gasteiger partial charge in [0, 0.05) is 28.0 Å². The molecule has 4 heteroatoms. The maximum Gasteiger partial charge on any atom is 0.202 e. The second kappa shape index (κ2) is 9.25. The van der Waals surface area contributed by atoms with Crippen LogP contribution in [-0.4, -0.2) is 22.6 Å². The SMILES string of the molecule is c1ccc(-n2c3ccccc3c3cc([Si](c4ccccc4)(c4ccccc4)c4ccncn4)ccc32)cc1. The summed E-state index contributed by atoms with van der Waals surface area (Å²) in [5, 5.41) is 7.49. The molecule has 0 amide bonds. The van der Waals surface area contributed by atoms with Crippen LogP contribution in [0.1, 0.15) is 0 Å². The molecule has 38 heavy (non-hydrogen) atoms. The van der Waals surface area contributed by atoms with Crippen molar-refractivity contribution in [2.75, 3.05) is 0 Å². The maximum absolute atomic E-state index is 4.92. The Bertz CT molecular complexity index is 1750. The van der Waals surface area contributed by atoms with Crippen LogP contribution in [0.3, 0.4) is 0 Å². The lowest BCUT2D eigenvalue weighted by atomic mass is 10.1. The van der Waals surface area contributed by atoms with Gasteiger partial charge in [0.05, 0.1) is 11.0 Å². The third kappa shape index (κ3) is 3.42. The fourth-order valence-electron chi connectivity index (χ4n) is 5.89. The van der Waals surface area contributed by atoms with Crippen molar-refractivity contribution < 1.29 is 0 Å². The molecule has 0 atom stereocenters. The summed E-state index contributed by atoms with van der Waals surface area (Å²) >= 11 is 0. The highest BCUT2D eigenvalue weighted by atomic mass is 28.3. The minimum Gasteiger partial charge on any atom is -0.309 e. The Labute approximate surface area is 222 Å². The van der Waals surface area contributed by atoms with Gasteiger partial charge in [0.25, 0.3) is 0 Å². The highest BCUT2D eigenvalue weighted by Gasteiger charge is 2.43. The molecule has 0 aliphatic heterocycles. The van der Waals surface area contributed by atoms with E-state index in [1.54, 1.807) is 6.33 Å². The summed E-state index contributed by atoms with van der Waals surface area (Å²) in [7, 11) is -2.73. The van der Waals surface area contributed by atoms with E-state index in [-0.39, 0.29) is 0 Å². The second-order valence-electron chi connectivity index (χ2n) is 9.50. The molecule has 0 aliphatic rings. The summed E-state index contributed by atoms with van der Waals surface area (Å²) in [6, 6.07) is 50.3. The van der Waals surface area contributed by atoms with Crippen LogP contribution in [0, 0.1) is 0 Å². The zero-order chi connectivity index (χ0) is 25.4. The normalized spacial score (nSPS) is 11.7. The van der Waals surface area contributed by atoms with Gasteiger partial charge in [-0.1, -0.05) is 109 Å². The molecule has 2 aromatic heterocycles. The molecule has 7 aromatic rings. The summed E-state index contributed by atoms with van der Waals surface area (Å²) < 4.78 is 2.37. The molecule has 5 aromatic carbocycles. The Hall–Kier alpha value is -4.80. The van der Waals surface area contributed by atoms with Gasteiger partial charge in [-0.25, -0.2) is 9.97 Å². The topological polar surface area (TPSA) is 30.7 Å². The number of nitrogens with zero attached hydrogens (tertiary/aromatic N) is 3. The van der Waals surface area contributed by atoms with Crippen molar-refractivity contribution in [2.45, 2.75) is 0 Å². The molecular weight excluding hydrogens is 478 g/mol. The zero-order valence-corrected chi connectivity index (χ0v) is 21.8. The zero-order valence-electron chi connectivity index (χ0n) is 20.8. The average Bonchev–Trinajstić information content (AvgIpc) is 3.34. The van der Waals surface area contributed by atoms with Crippen LogP contribution in [0.2, 0.25) is 0 Å². The first-order valence-corrected chi connectivity index (χ1v) is 14.8. The van der Waals surface area contributed by atoms with Crippen molar-refractivity contribution >= 4 is 50.8 Å². The molecule has 0 aliphatic carbocycles. The van der Waals surface area contributed by atoms with Crippen molar-refractivity contribution in [3.63, 3.8) is 0 Å². The third-order valence-electron chi connectivity index (χ3n) is 7.50. The van der Waals surface area contributed by atoms with Crippen molar-refractivity contribution in [2.24, 2.45) is 0 Å². The summed E-state index contributed by atoms with van der Waals surface area (Å²) in [6.07, 6.45) is 3.55. The van der Waals surface area contributed by atoms with E-state index in [0.717, 1.165) is 11.0 Å². The van der Waals surface area contributed by atoms with Gasteiger partial charge in [0.1, 0.15) is 6.33 Å². The molecule has 0 spiro atoms. The van der Waals surface area contributed by atoms with E-state index >= 15 is 0 Å². The van der Waals surface area contributed by atoms with E-state index in [9.17, 15) is 0 Å². The van der Waals surface area contributed by atoms with E-state index in [1.807, 2.05) is 6.20 Å². The predicted octanol–water partition coefficient (Wildman–Crippen LogP) is 4.95. The van der Waals surface area contributed by atoms with E-state index in [4.69, 9.17) is 4.98 Å². The molecule has 0 saturated carbocycles. The molecule has 0 bridgehead atoms. The number of rotatable bonds is 5. The van der Waals surface area contributed by atoms with E-state index < -0.39 is 8.07 Å². The quantitative estimate of drug-likeness (QED) is 0.246. The fraction of sp³-hybridized carbons (Fsp3) is 0. The molecule has 0 N–H and O–H groups in total. The summed E-state index contributed by atoms with van der Waals surface area (Å²) in [6.45, 7) is 0. The molecular formula is C34H25N3Si. The number of aromatic nitrogens is 3. The van der Waals surface area contributed by atoms with Crippen LogP contribution in [0.4, 0.5) is 0 Å². The number of benzene rings is 5. The first-order valence-electron chi connectivity index (χ1n) is 12.8. The molecule has 0 fully saturated rings. The summed E-state index contributed by atoms with van der Waals surface area (Å²) in [4.78, 5) is 9.20. The van der Waals surface area contributed by atoms with Crippen LogP contribution in [0.15, 0.2) is 152 Å². The molecule has 0 radical (unpaired) electrons. The lowest BCUT2D eigenvalue weighted by Gasteiger charge is -2.33. The van der Waals surface area contributed by atoms with E-state index in [1.165, 1.54) is 37.4 Å². The molecule has 3 nitrogen and oxygen atoms in total. The fourth-order valence-corrected chi connectivity index (χ4v) is 10.4. The number of para-hydroxylation sites is 2. The number of hydrogen-bond donors (Lipinski definition) is 0. The Balaban J connectivity index is 1.61. The predicted molar refractivity (Wildman–Crippen MR) is 160 cm³/mol. The lowest BCUT2D eigenvalue weighted by Crippen LogP contribution is -2.75. The van der Waals surface area contributed by atoms with Crippen molar-refractivity contribution in [1.29, 1.82) is 0 Å². The van der Waals surface area contributed by atoms with Gasteiger partial charge in [-0.05, 0) is 45.9 Å². The van der Waals surface area contributed by atoms with Gasteiger partial charge >= 0.3 is 0 Å². The van der Waals surface area contributed by atoms with Crippen LogP contribution in [-0.2, 0) is 0 Å². The smallest absolute Gasteiger partial charge is 0.202 e. The van der Waals surface area contributed by atoms with Gasteiger partial charge in [-0.2, -0.15) is 0 Å². The Kier molecular flexibility index (Phi) is 5.45. The van der Waals surface area contributed by atoms with Crippen LogP contribution < -0.4 is 20.9 Å². The summed E-state index contributed by atoms with van der Waals surface area (Å²) in [5.74, 6) is 0. The highest BCUT2D eigenvalue weighted by Crippen LogP contribution is 2.31. The second-order valence-corrected chi connectivity index (χ2v) is 13.2. The van der Waals surface area contributed by atoms with Crippen molar-refractivity contribution in [3.8, 4) is 5.69 Å². The number of hydrogen-bond acceptors (Lipinski definition) is 2. The Morgan fingerprint density at radius 1 is 0.500 bits per heavy atom. The van der Waals surface area contributed by atoms with Crippen LogP contribution in [0.5, 0.6) is 0 Å². The van der Waals surface area contributed by atoms with Gasteiger partial charge in [-0.15, -0.1) is 0 Å². The number of fused-ring (bicyclic) bond motifs is 3. The third-order valence-corrected chi connectivity index (χ3v) is 12.1. The van der Waals surface area contributed by atoms with Gasteiger partial charge in [-0.3, -0.25) is 0 Å². The average molecular weight is 504 g/mol. The van der Waals surface area contributed by atoms with Gasteiger partial charge in [0.15, 0.2) is 0 Å². The lowest BCUT2D eigenvalue weighted by molar-refractivity contribution is 1.18. The van der Waals surface area contributed by atoms with Gasteiger partial charge in [0.2, 0.25) is 8.07 Å². The van der Waals surface area contributed by atoms with Crippen LogP contribution >= 0.6 is 0 Å². The van der Waals surface area contributed by atoms with Crippen LogP contribution in [0.25, 0.3) is 27.5 Å². The van der Waals surface area contributed by atoms with E-state index in [2.05, 4.69) is 149 Å². The summed E-state index contributed by atoms with van der Waals surface area (Å²) in [5.41, 5.74) is 3.57. The first kappa shape index (κ1) is 22.4. The monoisotopic (exact) mass is 503 g/mol. The van der Waals surface area contributed by atoms with Crippen molar-refractivity contribution in [1.82, 2.24) is 14.5 Å².